The van der Waals surface area contributed by atoms with Crippen LogP contribution < -0.4 is 10.9 Å². The monoisotopic (exact) mass is 305 g/mol. The lowest BCUT2D eigenvalue weighted by atomic mass is 10.0. The Hall–Kier alpha value is -3.34. The van der Waals surface area contributed by atoms with Gasteiger partial charge in [0.1, 0.15) is 5.69 Å². The van der Waals surface area contributed by atoms with Crippen molar-refractivity contribution >= 4 is 28.7 Å². The molecule has 0 aliphatic carbocycles. The van der Waals surface area contributed by atoms with E-state index in [2.05, 4.69) is 15.8 Å². The minimum absolute atomic E-state index is 0.378. The zero-order valence-corrected chi connectivity index (χ0v) is 12.2. The summed E-state index contributed by atoms with van der Waals surface area (Å²) >= 11 is 0. The van der Waals surface area contributed by atoms with Crippen molar-refractivity contribution in [3.63, 3.8) is 0 Å². The Kier molecular flexibility index (Phi) is 4.20. The van der Waals surface area contributed by atoms with E-state index >= 15 is 0 Å². The Bertz CT molecular complexity index is 862. The molecule has 0 unspecified atom stereocenters. The van der Waals surface area contributed by atoms with Crippen LogP contribution in [0.1, 0.15) is 16.1 Å². The first-order valence-electron chi connectivity index (χ1n) is 7.13. The quantitative estimate of drug-likeness (QED) is 0.514. The SMILES string of the molecule is O=C(/C=C/c1cccc2ccccc12)NNC(=O)c1ccc[nH]1. The summed E-state index contributed by atoms with van der Waals surface area (Å²) in [6.07, 6.45) is 4.74. The maximum Gasteiger partial charge on any atom is 0.286 e. The molecule has 5 heteroatoms. The van der Waals surface area contributed by atoms with Gasteiger partial charge < -0.3 is 4.98 Å². The Morgan fingerprint density at radius 1 is 0.913 bits per heavy atom. The number of hydrogen-bond acceptors (Lipinski definition) is 2. The van der Waals surface area contributed by atoms with Crippen molar-refractivity contribution < 1.29 is 9.59 Å². The lowest BCUT2D eigenvalue weighted by molar-refractivity contribution is -0.117. The summed E-state index contributed by atoms with van der Waals surface area (Å²) in [5.74, 6) is -0.806. The molecule has 114 valence electrons. The van der Waals surface area contributed by atoms with Crippen LogP contribution in [0.3, 0.4) is 0 Å². The summed E-state index contributed by atoms with van der Waals surface area (Å²) in [5, 5.41) is 2.17. The smallest absolute Gasteiger partial charge is 0.286 e. The van der Waals surface area contributed by atoms with Gasteiger partial charge in [0.2, 0.25) is 0 Å². The largest absolute Gasteiger partial charge is 0.357 e. The second-order valence-electron chi connectivity index (χ2n) is 4.93. The van der Waals surface area contributed by atoms with Crippen molar-refractivity contribution in [2.24, 2.45) is 0 Å². The summed E-state index contributed by atoms with van der Waals surface area (Å²) in [6, 6.07) is 17.2. The number of carbonyl (C=O) groups is 2. The van der Waals surface area contributed by atoms with Gasteiger partial charge in [-0.05, 0) is 34.5 Å². The number of carbonyl (C=O) groups excluding carboxylic acids is 2. The van der Waals surface area contributed by atoms with E-state index in [1.54, 1.807) is 24.4 Å². The van der Waals surface area contributed by atoms with E-state index < -0.39 is 11.8 Å². The molecule has 3 rings (SSSR count). The van der Waals surface area contributed by atoms with Crippen molar-refractivity contribution in [3.05, 3.63) is 78.1 Å². The molecule has 3 N–H and O–H groups in total. The van der Waals surface area contributed by atoms with Crippen LogP contribution in [0.15, 0.2) is 66.9 Å². The van der Waals surface area contributed by atoms with Gasteiger partial charge >= 0.3 is 0 Å². The number of aromatic amines is 1. The number of rotatable bonds is 3. The molecular formula is C18H15N3O2. The van der Waals surface area contributed by atoms with Crippen LogP contribution in [0.4, 0.5) is 0 Å². The summed E-state index contributed by atoms with van der Waals surface area (Å²) < 4.78 is 0. The maximum absolute atomic E-state index is 11.8. The number of hydrogen-bond donors (Lipinski definition) is 3. The molecule has 0 saturated heterocycles. The third kappa shape index (κ3) is 3.47. The second-order valence-corrected chi connectivity index (χ2v) is 4.93. The predicted molar refractivity (Wildman–Crippen MR) is 89.4 cm³/mol. The van der Waals surface area contributed by atoms with Crippen LogP contribution in [0, 0.1) is 0 Å². The highest BCUT2D eigenvalue weighted by Gasteiger charge is 2.05. The average Bonchev–Trinajstić information content (AvgIpc) is 3.12. The Balaban J connectivity index is 1.65. The number of aromatic nitrogens is 1. The van der Waals surface area contributed by atoms with Crippen molar-refractivity contribution in [1.82, 2.24) is 15.8 Å². The number of nitrogens with one attached hydrogen (secondary N) is 3. The van der Waals surface area contributed by atoms with E-state index in [-0.39, 0.29) is 0 Å². The summed E-state index contributed by atoms with van der Waals surface area (Å²) in [5.41, 5.74) is 6.00. The number of amides is 2. The van der Waals surface area contributed by atoms with Gasteiger partial charge in [0.15, 0.2) is 0 Å². The normalized spacial score (nSPS) is 10.8. The molecule has 0 aliphatic rings. The summed E-state index contributed by atoms with van der Waals surface area (Å²) in [6.45, 7) is 0. The first-order chi connectivity index (χ1) is 11.2. The van der Waals surface area contributed by atoms with E-state index in [1.165, 1.54) is 6.08 Å². The highest BCUT2D eigenvalue weighted by atomic mass is 16.2. The van der Waals surface area contributed by atoms with Crippen molar-refractivity contribution in [3.8, 4) is 0 Å². The lowest BCUT2D eigenvalue weighted by Gasteiger charge is -2.04. The fourth-order valence-electron chi connectivity index (χ4n) is 2.26. The van der Waals surface area contributed by atoms with Crippen LogP contribution >= 0.6 is 0 Å². The Morgan fingerprint density at radius 2 is 1.74 bits per heavy atom. The first kappa shape index (κ1) is 14.6. The molecule has 0 bridgehead atoms. The molecule has 0 atom stereocenters. The van der Waals surface area contributed by atoms with Gasteiger partial charge in [0, 0.05) is 12.3 Å². The molecule has 0 saturated carbocycles. The van der Waals surface area contributed by atoms with Gasteiger partial charge in [-0.25, -0.2) is 0 Å². The zero-order chi connectivity index (χ0) is 16.1. The molecule has 23 heavy (non-hydrogen) atoms. The fourth-order valence-corrected chi connectivity index (χ4v) is 2.26. The molecule has 0 spiro atoms. The highest BCUT2D eigenvalue weighted by molar-refractivity contribution is 5.99. The molecule has 0 radical (unpaired) electrons. The van der Waals surface area contributed by atoms with Gasteiger partial charge in [-0.15, -0.1) is 0 Å². The minimum atomic E-state index is -0.405. The second kappa shape index (κ2) is 6.62. The number of hydrazine groups is 1. The number of H-pyrrole nitrogens is 1. The lowest BCUT2D eigenvalue weighted by Crippen LogP contribution is -2.40. The first-order valence-corrected chi connectivity index (χ1v) is 7.13. The van der Waals surface area contributed by atoms with E-state index in [9.17, 15) is 9.59 Å². The van der Waals surface area contributed by atoms with E-state index in [1.807, 2.05) is 42.5 Å². The highest BCUT2D eigenvalue weighted by Crippen LogP contribution is 2.19. The van der Waals surface area contributed by atoms with Crippen LogP contribution in [0.2, 0.25) is 0 Å². The van der Waals surface area contributed by atoms with Crippen LogP contribution in [0.5, 0.6) is 0 Å². The average molecular weight is 305 g/mol. The minimum Gasteiger partial charge on any atom is -0.357 e. The van der Waals surface area contributed by atoms with Crippen LogP contribution in [0.25, 0.3) is 16.8 Å². The van der Waals surface area contributed by atoms with E-state index in [0.29, 0.717) is 5.69 Å². The van der Waals surface area contributed by atoms with Gasteiger partial charge in [0.25, 0.3) is 11.8 Å². The van der Waals surface area contributed by atoms with E-state index in [4.69, 9.17) is 0 Å². The van der Waals surface area contributed by atoms with E-state index in [0.717, 1.165) is 16.3 Å². The third-order valence-corrected chi connectivity index (χ3v) is 3.38. The topological polar surface area (TPSA) is 74.0 Å². The molecule has 0 aliphatic heterocycles. The molecule has 0 fully saturated rings. The predicted octanol–water partition coefficient (Wildman–Crippen LogP) is 2.64. The molecule has 2 amide bonds. The maximum atomic E-state index is 11.8. The van der Waals surface area contributed by atoms with Crippen molar-refractivity contribution in [2.75, 3.05) is 0 Å². The number of benzene rings is 2. The van der Waals surface area contributed by atoms with Crippen LogP contribution in [-0.2, 0) is 4.79 Å². The molecular weight excluding hydrogens is 290 g/mol. The summed E-state index contributed by atoms with van der Waals surface area (Å²) in [7, 11) is 0. The molecule has 3 aromatic rings. The van der Waals surface area contributed by atoms with Gasteiger partial charge in [-0.3, -0.25) is 20.4 Å². The third-order valence-electron chi connectivity index (χ3n) is 3.38. The zero-order valence-electron chi connectivity index (χ0n) is 12.2. The standard InChI is InChI=1S/C18H15N3O2/c22-17(20-21-18(23)16-9-4-12-19-16)11-10-14-7-3-6-13-5-1-2-8-15(13)14/h1-12,19H,(H,20,22)(H,21,23)/b11-10+. The van der Waals surface area contributed by atoms with Crippen LogP contribution in [-0.4, -0.2) is 16.8 Å². The summed E-state index contributed by atoms with van der Waals surface area (Å²) in [4.78, 5) is 26.2. The Morgan fingerprint density at radius 3 is 2.57 bits per heavy atom. The molecule has 5 nitrogen and oxygen atoms in total. The number of fused-ring (bicyclic) bond motifs is 1. The van der Waals surface area contributed by atoms with Gasteiger partial charge in [-0.2, -0.15) is 0 Å². The molecule has 1 heterocycles. The van der Waals surface area contributed by atoms with Crippen molar-refractivity contribution in [2.45, 2.75) is 0 Å². The fraction of sp³-hybridized carbons (Fsp3) is 0. The van der Waals surface area contributed by atoms with Gasteiger partial charge in [0.05, 0.1) is 0 Å². The van der Waals surface area contributed by atoms with Gasteiger partial charge in [-0.1, -0.05) is 42.5 Å². The Labute approximate surface area is 133 Å². The van der Waals surface area contributed by atoms with Crippen molar-refractivity contribution in [1.29, 1.82) is 0 Å². The molecule has 2 aromatic carbocycles. The molecule has 1 aromatic heterocycles.